The van der Waals surface area contributed by atoms with E-state index < -0.39 is 0 Å². The number of hydrogen-bond donors (Lipinski definition) is 2. The van der Waals surface area contributed by atoms with E-state index >= 15 is 0 Å². The average Bonchev–Trinajstić information content (AvgIpc) is 3.31. The maximum absolute atomic E-state index is 10.2. The first-order chi connectivity index (χ1) is 10.2. The summed E-state index contributed by atoms with van der Waals surface area (Å²) in [5, 5.41) is 22.5. The average molecular weight is 276 g/mol. The van der Waals surface area contributed by atoms with Crippen molar-refractivity contribution in [3.8, 4) is 22.6 Å². The number of aromatic hydroxyl groups is 2. The van der Waals surface area contributed by atoms with Gasteiger partial charge in [-0.15, -0.1) is 0 Å². The lowest BCUT2D eigenvalue weighted by Gasteiger charge is -2.11. The highest BCUT2D eigenvalue weighted by atomic mass is 16.3. The van der Waals surface area contributed by atoms with Crippen LogP contribution in [0.5, 0.6) is 11.5 Å². The molecule has 0 heterocycles. The Labute approximate surface area is 123 Å². The van der Waals surface area contributed by atoms with Gasteiger partial charge in [-0.2, -0.15) is 0 Å². The summed E-state index contributed by atoms with van der Waals surface area (Å²) >= 11 is 0. The molecule has 0 aliphatic heterocycles. The largest absolute Gasteiger partial charge is 0.508 e. The minimum absolute atomic E-state index is 0.132. The van der Waals surface area contributed by atoms with Crippen molar-refractivity contribution >= 4 is 10.8 Å². The first kappa shape index (κ1) is 12.3. The summed E-state index contributed by atoms with van der Waals surface area (Å²) < 4.78 is 0. The number of rotatable bonds is 2. The highest BCUT2D eigenvalue weighted by Gasteiger charge is 2.27. The lowest BCUT2D eigenvalue weighted by atomic mass is 9.97. The molecule has 3 aromatic carbocycles. The second-order valence-corrected chi connectivity index (χ2v) is 5.76. The van der Waals surface area contributed by atoms with Crippen LogP contribution in [0.3, 0.4) is 0 Å². The normalized spacial score (nSPS) is 14.5. The van der Waals surface area contributed by atoms with Gasteiger partial charge in [-0.1, -0.05) is 36.4 Å². The molecular weight excluding hydrogens is 260 g/mol. The van der Waals surface area contributed by atoms with Crippen LogP contribution in [-0.4, -0.2) is 10.2 Å². The van der Waals surface area contributed by atoms with E-state index in [9.17, 15) is 10.2 Å². The summed E-state index contributed by atoms with van der Waals surface area (Å²) in [5.41, 5.74) is 2.73. The van der Waals surface area contributed by atoms with Crippen molar-refractivity contribution in [2.24, 2.45) is 0 Å². The zero-order valence-electron chi connectivity index (χ0n) is 11.6. The summed E-state index contributed by atoms with van der Waals surface area (Å²) in [6.07, 6.45) is 2.24. The second kappa shape index (κ2) is 4.52. The van der Waals surface area contributed by atoms with Crippen LogP contribution >= 0.6 is 0 Å². The highest BCUT2D eigenvalue weighted by Crippen LogP contribution is 2.47. The molecule has 4 rings (SSSR count). The zero-order valence-corrected chi connectivity index (χ0v) is 11.6. The van der Waals surface area contributed by atoms with Crippen molar-refractivity contribution < 1.29 is 10.2 Å². The topological polar surface area (TPSA) is 40.5 Å². The molecular formula is C19H16O2. The fourth-order valence-electron chi connectivity index (χ4n) is 2.90. The molecule has 1 fully saturated rings. The molecule has 2 heteroatoms. The van der Waals surface area contributed by atoms with Crippen LogP contribution in [0.1, 0.15) is 24.3 Å². The van der Waals surface area contributed by atoms with Crippen LogP contribution in [-0.2, 0) is 0 Å². The van der Waals surface area contributed by atoms with E-state index in [0.717, 1.165) is 34.9 Å². The monoisotopic (exact) mass is 276 g/mol. The Morgan fingerprint density at radius 3 is 2.29 bits per heavy atom. The van der Waals surface area contributed by atoms with E-state index in [4.69, 9.17) is 0 Å². The Bertz CT molecular complexity index is 832. The summed E-state index contributed by atoms with van der Waals surface area (Å²) in [5.74, 6) is 0.788. The first-order valence-corrected chi connectivity index (χ1v) is 7.27. The minimum atomic E-state index is 0.132. The van der Waals surface area contributed by atoms with Crippen LogP contribution in [0.15, 0.2) is 54.6 Å². The maximum atomic E-state index is 10.2. The molecule has 1 saturated carbocycles. The Kier molecular flexibility index (Phi) is 2.64. The molecule has 104 valence electrons. The number of hydrogen-bond acceptors (Lipinski definition) is 2. The third-order valence-electron chi connectivity index (χ3n) is 4.22. The van der Waals surface area contributed by atoms with Crippen molar-refractivity contribution in [2.45, 2.75) is 18.8 Å². The smallest absolute Gasteiger partial charge is 0.127 e. The van der Waals surface area contributed by atoms with Crippen molar-refractivity contribution in [3.63, 3.8) is 0 Å². The molecule has 0 aromatic heterocycles. The van der Waals surface area contributed by atoms with E-state index in [-0.39, 0.29) is 11.5 Å². The predicted octanol–water partition coefficient (Wildman–Crippen LogP) is 4.80. The van der Waals surface area contributed by atoms with Gasteiger partial charge in [0, 0.05) is 11.6 Å². The SMILES string of the molecule is Oc1cc(O)c(C2CC2)cc1-c1ccc2ccccc2c1. The van der Waals surface area contributed by atoms with E-state index in [2.05, 4.69) is 24.3 Å². The van der Waals surface area contributed by atoms with Crippen molar-refractivity contribution in [2.75, 3.05) is 0 Å². The van der Waals surface area contributed by atoms with Gasteiger partial charge in [0.15, 0.2) is 0 Å². The molecule has 0 saturated heterocycles. The summed E-state index contributed by atoms with van der Waals surface area (Å²) in [7, 11) is 0. The molecule has 0 unspecified atom stereocenters. The van der Waals surface area contributed by atoms with Gasteiger partial charge in [0.25, 0.3) is 0 Å². The van der Waals surface area contributed by atoms with Gasteiger partial charge < -0.3 is 10.2 Å². The van der Waals surface area contributed by atoms with E-state index in [1.807, 2.05) is 24.3 Å². The number of phenolic OH excluding ortho intramolecular Hbond substituents is 2. The van der Waals surface area contributed by atoms with Crippen LogP contribution < -0.4 is 0 Å². The van der Waals surface area contributed by atoms with Crippen molar-refractivity contribution in [3.05, 3.63) is 60.2 Å². The van der Waals surface area contributed by atoms with Gasteiger partial charge in [0.1, 0.15) is 11.5 Å². The Morgan fingerprint density at radius 1 is 0.762 bits per heavy atom. The third kappa shape index (κ3) is 2.13. The van der Waals surface area contributed by atoms with Gasteiger partial charge >= 0.3 is 0 Å². The summed E-state index contributed by atoms with van der Waals surface area (Å²) in [4.78, 5) is 0. The predicted molar refractivity (Wildman–Crippen MR) is 84.7 cm³/mol. The number of fused-ring (bicyclic) bond motifs is 1. The van der Waals surface area contributed by atoms with Crippen LogP contribution in [0.4, 0.5) is 0 Å². The molecule has 0 spiro atoms. The van der Waals surface area contributed by atoms with Gasteiger partial charge in [-0.05, 0) is 52.8 Å². The minimum Gasteiger partial charge on any atom is -0.508 e. The van der Waals surface area contributed by atoms with Gasteiger partial charge in [-0.3, -0.25) is 0 Å². The van der Waals surface area contributed by atoms with Gasteiger partial charge in [-0.25, -0.2) is 0 Å². The summed E-state index contributed by atoms with van der Waals surface area (Å²) in [6.45, 7) is 0. The molecule has 0 radical (unpaired) electrons. The Hall–Kier alpha value is -2.48. The lowest BCUT2D eigenvalue weighted by Crippen LogP contribution is -1.86. The molecule has 2 nitrogen and oxygen atoms in total. The quantitative estimate of drug-likeness (QED) is 0.706. The second-order valence-electron chi connectivity index (χ2n) is 5.76. The molecule has 21 heavy (non-hydrogen) atoms. The molecule has 1 aliphatic rings. The third-order valence-corrected chi connectivity index (χ3v) is 4.22. The van der Waals surface area contributed by atoms with E-state index in [1.165, 1.54) is 11.5 Å². The molecule has 1 aliphatic carbocycles. The molecule has 3 aromatic rings. The maximum Gasteiger partial charge on any atom is 0.127 e. The molecule has 2 N–H and O–H groups in total. The fraction of sp³-hybridized carbons (Fsp3) is 0.158. The van der Waals surface area contributed by atoms with E-state index in [0.29, 0.717) is 5.92 Å². The van der Waals surface area contributed by atoms with Crippen LogP contribution in [0.2, 0.25) is 0 Å². The lowest BCUT2D eigenvalue weighted by molar-refractivity contribution is 0.447. The van der Waals surface area contributed by atoms with Gasteiger partial charge in [0.2, 0.25) is 0 Å². The zero-order chi connectivity index (χ0) is 14.4. The summed E-state index contributed by atoms with van der Waals surface area (Å²) in [6, 6.07) is 17.7. The first-order valence-electron chi connectivity index (χ1n) is 7.27. The number of benzene rings is 3. The van der Waals surface area contributed by atoms with Crippen molar-refractivity contribution in [1.29, 1.82) is 0 Å². The van der Waals surface area contributed by atoms with Gasteiger partial charge in [0.05, 0.1) is 0 Å². The number of phenols is 2. The Morgan fingerprint density at radius 2 is 1.52 bits per heavy atom. The van der Waals surface area contributed by atoms with Crippen molar-refractivity contribution in [1.82, 2.24) is 0 Å². The molecule has 0 atom stereocenters. The van der Waals surface area contributed by atoms with Crippen LogP contribution in [0.25, 0.3) is 21.9 Å². The fourth-order valence-corrected chi connectivity index (χ4v) is 2.90. The standard InChI is InChI=1S/C19H16O2/c20-18-11-19(21)17(10-16(18)13-6-7-13)15-8-5-12-3-1-2-4-14(12)9-15/h1-5,8-11,13,20-21H,6-7H2. The van der Waals surface area contributed by atoms with Crippen LogP contribution in [0, 0.1) is 0 Å². The molecule has 0 amide bonds. The Balaban J connectivity index is 1.89. The highest BCUT2D eigenvalue weighted by molar-refractivity contribution is 5.88. The van der Waals surface area contributed by atoms with E-state index in [1.54, 1.807) is 0 Å². The molecule has 0 bridgehead atoms.